The molecule has 3 atom stereocenters. The van der Waals surface area contributed by atoms with E-state index < -0.39 is 17.6 Å². The second-order valence-corrected chi connectivity index (χ2v) is 9.51. The van der Waals surface area contributed by atoms with E-state index in [4.69, 9.17) is 0 Å². The number of nitrogens with one attached hydrogen (secondary N) is 2. The third-order valence-electron chi connectivity index (χ3n) is 6.97. The molecule has 0 spiro atoms. The van der Waals surface area contributed by atoms with Crippen molar-refractivity contribution in [3.05, 3.63) is 65.5 Å². The Morgan fingerprint density at radius 1 is 1.06 bits per heavy atom. The summed E-state index contributed by atoms with van der Waals surface area (Å²) >= 11 is 0. The average molecular weight is 507 g/mol. The predicted molar refractivity (Wildman–Crippen MR) is 128 cm³/mol. The van der Waals surface area contributed by atoms with Crippen LogP contribution in [0.2, 0.25) is 0 Å². The van der Waals surface area contributed by atoms with Crippen LogP contribution in [0.3, 0.4) is 0 Å². The van der Waals surface area contributed by atoms with Crippen molar-refractivity contribution in [3.63, 3.8) is 0 Å². The first-order chi connectivity index (χ1) is 17.1. The number of amides is 2. The Morgan fingerprint density at radius 3 is 2.50 bits per heavy atom. The fourth-order valence-electron chi connectivity index (χ4n) is 5.11. The Labute approximate surface area is 207 Å². The number of hydrogen-bond acceptors (Lipinski definition) is 4. The molecule has 0 aliphatic carbocycles. The number of anilines is 1. The minimum absolute atomic E-state index is 0.0478. The molecule has 0 radical (unpaired) electrons. The summed E-state index contributed by atoms with van der Waals surface area (Å²) in [6, 6.07) is 11.3. The van der Waals surface area contributed by atoms with Gasteiger partial charge in [0.2, 0.25) is 5.91 Å². The number of hydrogen-bond donors (Lipinski definition) is 2. The zero-order valence-corrected chi connectivity index (χ0v) is 20.0. The van der Waals surface area contributed by atoms with E-state index >= 15 is 0 Å². The molecule has 2 saturated heterocycles. The van der Waals surface area contributed by atoms with Crippen LogP contribution in [0.25, 0.3) is 0 Å². The number of piperidine rings is 1. The van der Waals surface area contributed by atoms with Gasteiger partial charge in [-0.05, 0) is 68.7 Å². The second-order valence-electron chi connectivity index (χ2n) is 9.51. The molecule has 0 bridgehead atoms. The van der Waals surface area contributed by atoms with E-state index in [1.807, 2.05) is 0 Å². The van der Waals surface area contributed by atoms with Crippen molar-refractivity contribution in [2.24, 2.45) is 0 Å². The summed E-state index contributed by atoms with van der Waals surface area (Å²) in [6.45, 7) is 4.29. The number of halogens is 4. The van der Waals surface area contributed by atoms with Crippen LogP contribution in [-0.4, -0.2) is 61.0 Å². The molecule has 2 amide bonds. The monoisotopic (exact) mass is 506 g/mol. The van der Waals surface area contributed by atoms with Crippen LogP contribution < -0.4 is 15.5 Å². The number of likely N-dealkylation sites (tertiary alicyclic amines) is 1. The Hall–Kier alpha value is -3.14. The van der Waals surface area contributed by atoms with Crippen molar-refractivity contribution >= 4 is 17.5 Å². The van der Waals surface area contributed by atoms with Gasteiger partial charge in [0.05, 0.1) is 12.1 Å². The highest BCUT2D eigenvalue weighted by Gasteiger charge is 2.34. The Bertz CT molecular complexity index is 1080. The van der Waals surface area contributed by atoms with Gasteiger partial charge >= 0.3 is 6.18 Å². The second kappa shape index (κ2) is 10.9. The lowest BCUT2D eigenvalue weighted by atomic mass is 9.96. The zero-order chi connectivity index (χ0) is 25.9. The summed E-state index contributed by atoms with van der Waals surface area (Å²) in [5.74, 6) is -1.35. The molecule has 2 fully saturated rings. The molecule has 194 valence electrons. The molecule has 0 unspecified atom stereocenters. The van der Waals surface area contributed by atoms with Crippen molar-refractivity contribution in [3.8, 4) is 0 Å². The van der Waals surface area contributed by atoms with E-state index in [2.05, 4.69) is 27.4 Å². The molecule has 2 aliphatic rings. The van der Waals surface area contributed by atoms with Crippen molar-refractivity contribution in [1.29, 1.82) is 0 Å². The molecule has 2 N–H and O–H groups in total. The summed E-state index contributed by atoms with van der Waals surface area (Å²) in [5.41, 5.74) is -0.0460. The fraction of sp³-hybridized carbons (Fsp3) is 0.462. The highest BCUT2D eigenvalue weighted by atomic mass is 19.4. The number of carbonyl (C=O) groups is 2. The van der Waals surface area contributed by atoms with Crippen LogP contribution in [0, 0.1) is 5.82 Å². The van der Waals surface area contributed by atoms with E-state index in [0.29, 0.717) is 18.6 Å². The minimum Gasteiger partial charge on any atom is -0.369 e. The van der Waals surface area contributed by atoms with E-state index in [0.717, 1.165) is 56.2 Å². The molecule has 10 heteroatoms. The van der Waals surface area contributed by atoms with Crippen molar-refractivity contribution in [2.75, 3.05) is 31.1 Å². The van der Waals surface area contributed by atoms with Gasteiger partial charge in [-0.3, -0.25) is 14.5 Å². The van der Waals surface area contributed by atoms with Gasteiger partial charge in [-0.2, -0.15) is 13.2 Å². The van der Waals surface area contributed by atoms with Gasteiger partial charge in [0, 0.05) is 49.0 Å². The van der Waals surface area contributed by atoms with Crippen molar-refractivity contribution < 1.29 is 27.2 Å². The maximum absolute atomic E-state index is 13.3. The molecular formula is C26H30F4N4O2. The molecule has 36 heavy (non-hydrogen) atoms. The lowest BCUT2D eigenvalue weighted by Gasteiger charge is -2.42. The Kier molecular flexibility index (Phi) is 7.82. The van der Waals surface area contributed by atoms with Crippen LogP contribution in [0.5, 0.6) is 0 Å². The van der Waals surface area contributed by atoms with E-state index in [9.17, 15) is 27.2 Å². The molecule has 2 aromatic rings. The summed E-state index contributed by atoms with van der Waals surface area (Å²) in [5, 5.41) is 5.31. The first kappa shape index (κ1) is 25.9. The average Bonchev–Trinajstić information content (AvgIpc) is 3.31. The number of nitrogens with zero attached hydrogens (tertiary/aromatic N) is 2. The van der Waals surface area contributed by atoms with Gasteiger partial charge in [0.15, 0.2) is 0 Å². The molecule has 6 nitrogen and oxygen atoms in total. The number of carbonyl (C=O) groups excluding carboxylic acids is 2. The first-order valence-corrected chi connectivity index (χ1v) is 12.1. The normalized spacial score (nSPS) is 22.9. The van der Waals surface area contributed by atoms with Gasteiger partial charge in [0.1, 0.15) is 5.82 Å². The van der Waals surface area contributed by atoms with Crippen LogP contribution in [0.4, 0.5) is 23.2 Å². The summed E-state index contributed by atoms with van der Waals surface area (Å²) in [7, 11) is 0. The summed E-state index contributed by atoms with van der Waals surface area (Å²) in [4.78, 5) is 29.2. The third-order valence-corrected chi connectivity index (χ3v) is 6.97. The Morgan fingerprint density at radius 2 is 1.81 bits per heavy atom. The molecule has 2 aromatic carbocycles. The lowest BCUT2D eigenvalue weighted by Crippen LogP contribution is -2.49. The van der Waals surface area contributed by atoms with Crippen molar-refractivity contribution in [1.82, 2.24) is 15.5 Å². The molecule has 2 aliphatic heterocycles. The number of alkyl halides is 3. The van der Waals surface area contributed by atoms with Gasteiger partial charge < -0.3 is 15.5 Å². The zero-order valence-electron chi connectivity index (χ0n) is 20.0. The van der Waals surface area contributed by atoms with Crippen LogP contribution >= 0.6 is 0 Å². The lowest BCUT2D eigenvalue weighted by molar-refractivity contribution is -0.137. The smallest absolute Gasteiger partial charge is 0.369 e. The Balaban J connectivity index is 1.22. The SMILES string of the molecule is C[C@H]1C[C@@H](N2CC[C@@H](NC(=O)CNC(=O)c3cccc(C(F)(F)F)c3)C2)CCN1c1ccc(F)cc1. The van der Waals surface area contributed by atoms with Crippen LogP contribution in [0.1, 0.15) is 42.1 Å². The maximum atomic E-state index is 13.3. The van der Waals surface area contributed by atoms with Crippen LogP contribution in [0.15, 0.2) is 48.5 Å². The van der Waals surface area contributed by atoms with E-state index in [1.165, 1.54) is 18.2 Å². The van der Waals surface area contributed by atoms with Crippen LogP contribution in [-0.2, 0) is 11.0 Å². The summed E-state index contributed by atoms with van der Waals surface area (Å²) < 4.78 is 51.8. The van der Waals surface area contributed by atoms with Gasteiger partial charge in [-0.1, -0.05) is 6.07 Å². The predicted octanol–water partition coefficient (Wildman–Crippen LogP) is 3.82. The first-order valence-electron chi connectivity index (χ1n) is 12.1. The molecule has 4 rings (SSSR count). The standard InChI is InChI=1S/C26H30F4N4O2/c1-17-13-23(10-12-34(17)22-7-5-20(27)6-8-22)33-11-9-21(16-33)32-24(35)15-31-25(36)18-3-2-4-19(14-18)26(28,29)30/h2-8,14,17,21,23H,9-13,15-16H2,1H3,(H,31,36)(H,32,35)/t17-,21+,23-/m0/s1. The summed E-state index contributed by atoms with van der Waals surface area (Å²) in [6.07, 6.45) is -1.82. The highest BCUT2D eigenvalue weighted by molar-refractivity contribution is 5.96. The minimum atomic E-state index is -4.54. The number of benzene rings is 2. The van der Waals surface area contributed by atoms with Gasteiger partial charge in [0.25, 0.3) is 5.91 Å². The molecular weight excluding hydrogens is 476 g/mol. The van der Waals surface area contributed by atoms with Crippen molar-refractivity contribution in [2.45, 2.75) is 50.5 Å². The van der Waals surface area contributed by atoms with E-state index in [-0.39, 0.29) is 29.9 Å². The highest BCUT2D eigenvalue weighted by Crippen LogP contribution is 2.30. The topological polar surface area (TPSA) is 64.7 Å². The van der Waals surface area contributed by atoms with Gasteiger partial charge in [-0.15, -0.1) is 0 Å². The molecule has 0 saturated carbocycles. The van der Waals surface area contributed by atoms with Gasteiger partial charge in [-0.25, -0.2) is 4.39 Å². The number of rotatable bonds is 6. The maximum Gasteiger partial charge on any atom is 0.416 e. The van der Waals surface area contributed by atoms with E-state index in [1.54, 1.807) is 12.1 Å². The fourth-order valence-corrected chi connectivity index (χ4v) is 5.11. The third kappa shape index (κ3) is 6.34. The quantitative estimate of drug-likeness (QED) is 0.585. The molecule has 0 aromatic heterocycles. The molecule has 2 heterocycles. The largest absolute Gasteiger partial charge is 0.416 e.